The van der Waals surface area contributed by atoms with Gasteiger partial charge in [0.15, 0.2) is 5.78 Å². The first-order valence-electron chi connectivity index (χ1n) is 5.50. The SMILES string of the molecule is O=C1CCCC/C1=C\Nc1cccc(F)c1. The lowest BCUT2D eigenvalue weighted by molar-refractivity contribution is -0.116. The van der Waals surface area contributed by atoms with Crippen molar-refractivity contribution in [1.82, 2.24) is 0 Å². The second-order valence-electron chi connectivity index (χ2n) is 3.95. The molecule has 0 amide bonds. The van der Waals surface area contributed by atoms with Crippen LogP contribution >= 0.6 is 0 Å². The zero-order chi connectivity index (χ0) is 11.4. The highest BCUT2D eigenvalue weighted by atomic mass is 19.1. The highest BCUT2D eigenvalue weighted by molar-refractivity contribution is 5.96. The lowest BCUT2D eigenvalue weighted by Crippen LogP contribution is -2.09. The van der Waals surface area contributed by atoms with Gasteiger partial charge in [-0.05, 0) is 37.5 Å². The van der Waals surface area contributed by atoms with Gasteiger partial charge in [0.25, 0.3) is 0 Å². The maximum Gasteiger partial charge on any atom is 0.160 e. The minimum atomic E-state index is -0.279. The number of rotatable bonds is 2. The van der Waals surface area contributed by atoms with Crippen molar-refractivity contribution in [2.45, 2.75) is 25.7 Å². The van der Waals surface area contributed by atoms with Crippen molar-refractivity contribution >= 4 is 11.5 Å². The Morgan fingerprint density at radius 2 is 2.06 bits per heavy atom. The first-order valence-corrected chi connectivity index (χ1v) is 5.50. The van der Waals surface area contributed by atoms with E-state index in [1.165, 1.54) is 12.1 Å². The number of benzene rings is 1. The molecule has 0 heterocycles. The predicted octanol–water partition coefficient (Wildman–Crippen LogP) is 3.26. The fourth-order valence-electron chi connectivity index (χ4n) is 1.80. The zero-order valence-corrected chi connectivity index (χ0v) is 9.00. The van der Waals surface area contributed by atoms with E-state index in [0.29, 0.717) is 12.1 Å². The standard InChI is InChI=1S/C13H14FNO/c14-11-5-3-6-12(8-11)15-9-10-4-1-2-7-13(10)16/h3,5-6,8-9,15H,1-2,4,7H2/b10-9+. The first kappa shape index (κ1) is 10.9. The first-order chi connectivity index (χ1) is 7.75. The molecule has 0 radical (unpaired) electrons. The quantitative estimate of drug-likeness (QED) is 0.773. The molecule has 0 spiro atoms. The molecule has 2 nitrogen and oxygen atoms in total. The van der Waals surface area contributed by atoms with Crippen LogP contribution in [-0.2, 0) is 4.79 Å². The van der Waals surface area contributed by atoms with Gasteiger partial charge in [-0.3, -0.25) is 4.79 Å². The van der Waals surface area contributed by atoms with Crippen LogP contribution in [0, 0.1) is 5.82 Å². The van der Waals surface area contributed by atoms with Crippen LogP contribution in [-0.4, -0.2) is 5.78 Å². The number of allylic oxidation sites excluding steroid dienone is 1. The van der Waals surface area contributed by atoms with Crippen LogP contribution in [0.5, 0.6) is 0 Å². The van der Waals surface area contributed by atoms with Gasteiger partial charge in [0.1, 0.15) is 5.82 Å². The van der Waals surface area contributed by atoms with Gasteiger partial charge < -0.3 is 5.32 Å². The Morgan fingerprint density at radius 1 is 1.25 bits per heavy atom. The molecule has 1 aliphatic rings. The summed E-state index contributed by atoms with van der Waals surface area (Å²) in [6, 6.07) is 6.21. The molecular weight excluding hydrogens is 205 g/mol. The fourth-order valence-corrected chi connectivity index (χ4v) is 1.80. The number of ketones is 1. The van der Waals surface area contributed by atoms with Gasteiger partial charge >= 0.3 is 0 Å². The highest BCUT2D eigenvalue weighted by Crippen LogP contribution is 2.20. The topological polar surface area (TPSA) is 29.1 Å². The van der Waals surface area contributed by atoms with Gasteiger partial charge in [0, 0.05) is 23.9 Å². The Hall–Kier alpha value is -1.64. The summed E-state index contributed by atoms with van der Waals surface area (Å²) in [5, 5.41) is 2.96. The lowest BCUT2D eigenvalue weighted by atomic mass is 9.94. The molecule has 0 bridgehead atoms. The van der Waals surface area contributed by atoms with Gasteiger partial charge in [-0.2, -0.15) is 0 Å². The molecule has 84 valence electrons. The maximum atomic E-state index is 12.9. The molecule has 1 aliphatic carbocycles. The Labute approximate surface area is 94.2 Å². The summed E-state index contributed by atoms with van der Waals surface area (Å²) in [5.74, 6) is -0.0754. The van der Waals surface area contributed by atoms with Crippen LogP contribution < -0.4 is 5.32 Å². The lowest BCUT2D eigenvalue weighted by Gasteiger charge is -2.12. The maximum absolute atomic E-state index is 12.9. The van der Waals surface area contributed by atoms with E-state index in [1.54, 1.807) is 18.3 Å². The van der Waals surface area contributed by atoms with Crippen molar-refractivity contribution in [3.63, 3.8) is 0 Å². The third-order valence-corrected chi connectivity index (χ3v) is 2.70. The summed E-state index contributed by atoms with van der Waals surface area (Å²) < 4.78 is 12.9. The van der Waals surface area contributed by atoms with Crippen molar-refractivity contribution in [3.05, 3.63) is 41.9 Å². The van der Waals surface area contributed by atoms with Crippen molar-refractivity contribution in [1.29, 1.82) is 0 Å². The smallest absolute Gasteiger partial charge is 0.160 e. The number of nitrogens with one attached hydrogen (secondary N) is 1. The molecular formula is C13H14FNO. The molecule has 3 heteroatoms. The highest BCUT2D eigenvalue weighted by Gasteiger charge is 2.14. The summed E-state index contributed by atoms with van der Waals surface area (Å²) in [5.41, 5.74) is 1.49. The van der Waals surface area contributed by atoms with E-state index in [0.717, 1.165) is 24.8 Å². The van der Waals surface area contributed by atoms with Gasteiger partial charge in [0.2, 0.25) is 0 Å². The van der Waals surface area contributed by atoms with Crippen LogP contribution in [0.15, 0.2) is 36.0 Å². The Morgan fingerprint density at radius 3 is 2.81 bits per heavy atom. The second-order valence-corrected chi connectivity index (χ2v) is 3.95. The van der Waals surface area contributed by atoms with E-state index in [9.17, 15) is 9.18 Å². The van der Waals surface area contributed by atoms with E-state index in [-0.39, 0.29) is 11.6 Å². The molecule has 1 aromatic carbocycles. The van der Waals surface area contributed by atoms with Crippen LogP contribution in [0.4, 0.5) is 10.1 Å². The molecule has 0 aromatic heterocycles. The number of anilines is 1. The van der Waals surface area contributed by atoms with E-state index < -0.39 is 0 Å². The van der Waals surface area contributed by atoms with Gasteiger partial charge in [-0.1, -0.05) is 6.07 Å². The number of hydrogen-bond donors (Lipinski definition) is 1. The summed E-state index contributed by atoms with van der Waals surface area (Å²) in [7, 11) is 0. The predicted molar refractivity (Wildman–Crippen MR) is 61.6 cm³/mol. The number of halogens is 1. The molecule has 1 N–H and O–H groups in total. The van der Waals surface area contributed by atoms with Crippen molar-refractivity contribution < 1.29 is 9.18 Å². The van der Waals surface area contributed by atoms with E-state index >= 15 is 0 Å². The molecule has 0 saturated heterocycles. The number of hydrogen-bond acceptors (Lipinski definition) is 2. The number of carbonyl (C=O) groups is 1. The molecule has 1 saturated carbocycles. The molecule has 0 aliphatic heterocycles. The van der Waals surface area contributed by atoms with Crippen LogP contribution in [0.3, 0.4) is 0 Å². The Bertz CT molecular complexity index is 426. The third-order valence-electron chi connectivity index (χ3n) is 2.70. The minimum absolute atomic E-state index is 0.204. The van der Waals surface area contributed by atoms with Crippen molar-refractivity contribution in [2.75, 3.05) is 5.32 Å². The Kier molecular flexibility index (Phi) is 3.34. The zero-order valence-electron chi connectivity index (χ0n) is 9.00. The van der Waals surface area contributed by atoms with Crippen LogP contribution in [0.1, 0.15) is 25.7 Å². The second kappa shape index (κ2) is 4.92. The molecule has 16 heavy (non-hydrogen) atoms. The molecule has 1 aromatic rings. The van der Waals surface area contributed by atoms with Gasteiger partial charge in [-0.25, -0.2) is 4.39 Å². The average Bonchev–Trinajstić information content (AvgIpc) is 2.28. The molecule has 1 fully saturated rings. The van der Waals surface area contributed by atoms with Crippen molar-refractivity contribution in [3.8, 4) is 0 Å². The Balaban J connectivity index is 2.05. The largest absolute Gasteiger partial charge is 0.361 e. The summed E-state index contributed by atoms with van der Waals surface area (Å²) in [6.07, 6.45) is 5.20. The number of Topliss-reactive ketones (excluding diaryl/α,β-unsaturated/α-hetero) is 1. The van der Waals surface area contributed by atoms with Crippen molar-refractivity contribution in [2.24, 2.45) is 0 Å². The third kappa shape index (κ3) is 2.69. The van der Waals surface area contributed by atoms with E-state index in [2.05, 4.69) is 5.32 Å². The summed E-state index contributed by atoms with van der Waals surface area (Å²) in [4.78, 5) is 11.5. The van der Waals surface area contributed by atoms with Gasteiger partial charge in [0.05, 0.1) is 0 Å². The normalized spacial score (nSPS) is 18.8. The van der Waals surface area contributed by atoms with Crippen LogP contribution in [0.25, 0.3) is 0 Å². The number of carbonyl (C=O) groups excluding carboxylic acids is 1. The monoisotopic (exact) mass is 219 g/mol. The summed E-state index contributed by atoms with van der Waals surface area (Å²) >= 11 is 0. The fraction of sp³-hybridized carbons (Fsp3) is 0.308. The average molecular weight is 219 g/mol. The van der Waals surface area contributed by atoms with E-state index in [4.69, 9.17) is 0 Å². The summed E-state index contributed by atoms with van der Waals surface area (Å²) in [6.45, 7) is 0. The van der Waals surface area contributed by atoms with Gasteiger partial charge in [-0.15, -0.1) is 0 Å². The van der Waals surface area contributed by atoms with Crippen LogP contribution in [0.2, 0.25) is 0 Å². The molecule has 2 rings (SSSR count). The van der Waals surface area contributed by atoms with E-state index in [1.807, 2.05) is 0 Å². The molecule has 0 unspecified atom stereocenters. The minimum Gasteiger partial charge on any atom is -0.361 e. The molecule has 0 atom stereocenters.